The molecule has 1 aromatic rings. The Morgan fingerprint density at radius 3 is 2.74 bits per heavy atom. The van der Waals surface area contributed by atoms with E-state index >= 15 is 0 Å². The largest absolute Gasteiger partial charge is 0.480 e. The highest BCUT2D eigenvalue weighted by atomic mass is 32.2. The number of amides is 1. The molecule has 2 rings (SSSR count). The van der Waals surface area contributed by atoms with Crippen LogP contribution in [0.1, 0.15) is 16.9 Å². The first-order valence-corrected chi connectivity index (χ1v) is 7.44. The van der Waals surface area contributed by atoms with Crippen LogP contribution >= 0.6 is 0 Å². The molecule has 1 saturated heterocycles. The molecule has 1 unspecified atom stereocenters. The SMILES string of the molecule is O=C(O)CN(C(=O)c1ccn[nH]1)C1CCS(=O)(=O)C1. The minimum atomic E-state index is -3.19. The Bertz CT molecular complexity index is 580. The minimum Gasteiger partial charge on any atom is -0.480 e. The Morgan fingerprint density at radius 1 is 1.53 bits per heavy atom. The summed E-state index contributed by atoms with van der Waals surface area (Å²) < 4.78 is 22.9. The predicted molar refractivity (Wildman–Crippen MR) is 64.3 cm³/mol. The van der Waals surface area contributed by atoms with Crippen LogP contribution in [0.2, 0.25) is 0 Å². The van der Waals surface area contributed by atoms with Gasteiger partial charge >= 0.3 is 5.97 Å². The lowest BCUT2D eigenvalue weighted by atomic mass is 10.2. The van der Waals surface area contributed by atoms with Gasteiger partial charge in [-0.1, -0.05) is 0 Å². The van der Waals surface area contributed by atoms with E-state index in [0.29, 0.717) is 0 Å². The molecule has 19 heavy (non-hydrogen) atoms. The van der Waals surface area contributed by atoms with Gasteiger partial charge in [-0.2, -0.15) is 5.10 Å². The molecule has 104 valence electrons. The van der Waals surface area contributed by atoms with E-state index in [0.717, 1.165) is 4.90 Å². The minimum absolute atomic E-state index is 0.0238. The van der Waals surface area contributed by atoms with Gasteiger partial charge in [0.05, 0.1) is 11.5 Å². The second-order valence-electron chi connectivity index (χ2n) is 4.35. The first-order valence-electron chi connectivity index (χ1n) is 5.61. The topological polar surface area (TPSA) is 120 Å². The number of carboxylic acids is 1. The first-order chi connectivity index (χ1) is 8.89. The number of rotatable bonds is 4. The van der Waals surface area contributed by atoms with Crippen LogP contribution in [-0.2, 0) is 14.6 Å². The summed E-state index contributed by atoms with van der Waals surface area (Å²) in [5.41, 5.74) is 0.144. The number of nitrogens with one attached hydrogen (secondary N) is 1. The van der Waals surface area contributed by atoms with Gasteiger partial charge in [-0.15, -0.1) is 0 Å². The van der Waals surface area contributed by atoms with Gasteiger partial charge in [0.2, 0.25) is 0 Å². The van der Waals surface area contributed by atoms with Gasteiger partial charge in [-0.3, -0.25) is 14.7 Å². The van der Waals surface area contributed by atoms with Crippen LogP contribution in [0, 0.1) is 0 Å². The van der Waals surface area contributed by atoms with Crippen LogP contribution in [0.25, 0.3) is 0 Å². The molecule has 0 radical (unpaired) electrons. The molecule has 0 saturated carbocycles. The van der Waals surface area contributed by atoms with Crippen molar-refractivity contribution in [1.29, 1.82) is 0 Å². The highest BCUT2D eigenvalue weighted by Crippen LogP contribution is 2.19. The third-order valence-corrected chi connectivity index (χ3v) is 4.70. The van der Waals surface area contributed by atoms with E-state index < -0.39 is 34.3 Å². The van der Waals surface area contributed by atoms with Gasteiger partial charge in [-0.05, 0) is 12.5 Å². The number of aliphatic carboxylic acids is 1. The zero-order valence-corrected chi connectivity index (χ0v) is 10.8. The lowest BCUT2D eigenvalue weighted by Gasteiger charge is -2.25. The van der Waals surface area contributed by atoms with Crippen molar-refractivity contribution >= 4 is 21.7 Å². The van der Waals surface area contributed by atoms with Gasteiger partial charge in [0, 0.05) is 12.2 Å². The number of aromatic nitrogens is 2. The maximum Gasteiger partial charge on any atom is 0.323 e. The maximum atomic E-state index is 12.1. The average Bonchev–Trinajstić information content (AvgIpc) is 2.94. The number of hydrogen-bond acceptors (Lipinski definition) is 5. The number of carbonyl (C=O) groups excluding carboxylic acids is 1. The molecule has 8 nitrogen and oxygen atoms in total. The maximum absolute atomic E-state index is 12.1. The molecule has 0 bridgehead atoms. The average molecular weight is 287 g/mol. The van der Waals surface area contributed by atoms with E-state index in [1.54, 1.807) is 0 Å². The summed E-state index contributed by atoms with van der Waals surface area (Å²) in [6.45, 7) is -0.530. The molecule has 1 aromatic heterocycles. The summed E-state index contributed by atoms with van der Waals surface area (Å²) in [6, 6.07) is 0.817. The van der Waals surface area contributed by atoms with Crippen molar-refractivity contribution in [3.05, 3.63) is 18.0 Å². The normalized spacial score (nSPS) is 21.2. The molecular weight excluding hydrogens is 274 g/mol. The van der Waals surface area contributed by atoms with Crippen molar-refractivity contribution in [2.75, 3.05) is 18.1 Å². The van der Waals surface area contributed by atoms with Crippen molar-refractivity contribution < 1.29 is 23.1 Å². The highest BCUT2D eigenvalue weighted by Gasteiger charge is 2.36. The van der Waals surface area contributed by atoms with Gasteiger partial charge in [0.15, 0.2) is 9.84 Å². The van der Waals surface area contributed by atoms with Gasteiger partial charge in [0.1, 0.15) is 12.2 Å². The number of nitrogens with zero attached hydrogens (tertiary/aromatic N) is 2. The van der Waals surface area contributed by atoms with Crippen molar-refractivity contribution in [2.45, 2.75) is 12.5 Å². The number of aromatic amines is 1. The van der Waals surface area contributed by atoms with Gasteiger partial charge < -0.3 is 10.0 Å². The van der Waals surface area contributed by atoms with Gasteiger partial charge in [-0.25, -0.2) is 8.42 Å². The smallest absolute Gasteiger partial charge is 0.323 e. The zero-order chi connectivity index (χ0) is 14.0. The fourth-order valence-corrected chi connectivity index (χ4v) is 3.79. The number of sulfone groups is 1. The predicted octanol–water partition coefficient (Wildman–Crippen LogP) is -0.876. The molecule has 1 amide bonds. The summed E-state index contributed by atoms with van der Waals surface area (Å²) >= 11 is 0. The van der Waals surface area contributed by atoms with E-state index in [1.165, 1.54) is 12.3 Å². The number of carbonyl (C=O) groups is 2. The second kappa shape index (κ2) is 5.00. The van der Waals surface area contributed by atoms with Crippen LogP contribution < -0.4 is 0 Å². The third-order valence-electron chi connectivity index (χ3n) is 2.95. The molecular formula is C10H13N3O5S. The fourth-order valence-electron chi connectivity index (χ4n) is 2.06. The Hall–Kier alpha value is -1.90. The standard InChI is InChI=1S/C10H13N3O5S/c14-9(15)5-13(7-2-4-19(17,18)6-7)10(16)8-1-3-11-12-8/h1,3,7H,2,4-6H2,(H,11,12)(H,14,15). The molecule has 1 aliphatic rings. The van der Waals surface area contributed by atoms with Crippen molar-refractivity contribution in [2.24, 2.45) is 0 Å². The molecule has 0 spiro atoms. The van der Waals surface area contributed by atoms with Crippen LogP contribution in [0.15, 0.2) is 12.3 Å². The van der Waals surface area contributed by atoms with Crippen molar-refractivity contribution in [3.8, 4) is 0 Å². The quantitative estimate of drug-likeness (QED) is 0.742. The number of H-pyrrole nitrogens is 1. The molecule has 1 atom stereocenters. The van der Waals surface area contributed by atoms with Crippen LogP contribution in [0.5, 0.6) is 0 Å². The van der Waals surface area contributed by atoms with E-state index in [2.05, 4.69) is 10.2 Å². The Kier molecular flexibility index (Phi) is 3.56. The molecule has 0 aromatic carbocycles. The summed E-state index contributed by atoms with van der Waals surface area (Å²) in [7, 11) is -3.19. The highest BCUT2D eigenvalue weighted by molar-refractivity contribution is 7.91. The summed E-state index contributed by atoms with van der Waals surface area (Å²) in [4.78, 5) is 24.0. The fraction of sp³-hybridized carbons (Fsp3) is 0.500. The van der Waals surface area contributed by atoms with Crippen LogP contribution in [-0.4, -0.2) is 64.6 Å². The third kappa shape index (κ3) is 3.11. The Labute approximate surface area is 109 Å². The van der Waals surface area contributed by atoms with Crippen molar-refractivity contribution in [1.82, 2.24) is 15.1 Å². The second-order valence-corrected chi connectivity index (χ2v) is 6.58. The molecule has 2 heterocycles. The molecule has 1 aliphatic heterocycles. The van der Waals surface area contributed by atoms with Gasteiger partial charge in [0.25, 0.3) is 5.91 Å². The number of hydrogen-bond donors (Lipinski definition) is 2. The first kappa shape index (κ1) is 13.5. The number of carboxylic acid groups (broad SMARTS) is 1. The molecule has 0 aliphatic carbocycles. The molecule has 1 fully saturated rings. The van der Waals surface area contributed by atoms with Crippen LogP contribution in [0.4, 0.5) is 0 Å². The van der Waals surface area contributed by atoms with E-state index in [9.17, 15) is 18.0 Å². The Morgan fingerprint density at radius 2 is 2.26 bits per heavy atom. The lowest BCUT2D eigenvalue weighted by molar-refractivity contribution is -0.138. The lowest BCUT2D eigenvalue weighted by Crippen LogP contribution is -2.44. The summed E-state index contributed by atoms with van der Waals surface area (Å²) in [5, 5.41) is 14.9. The van der Waals surface area contributed by atoms with Crippen LogP contribution in [0.3, 0.4) is 0 Å². The summed E-state index contributed by atoms with van der Waals surface area (Å²) in [5.74, 6) is -1.95. The Balaban J connectivity index is 2.21. The monoisotopic (exact) mass is 287 g/mol. The molecule has 2 N–H and O–H groups in total. The van der Waals surface area contributed by atoms with E-state index in [4.69, 9.17) is 5.11 Å². The van der Waals surface area contributed by atoms with E-state index in [1.807, 2.05) is 0 Å². The molecule has 9 heteroatoms. The van der Waals surface area contributed by atoms with Crippen molar-refractivity contribution in [3.63, 3.8) is 0 Å². The van der Waals surface area contributed by atoms with E-state index in [-0.39, 0.29) is 23.6 Å². The zero-order valence-electron chi connectivity index (χ0n) is 9.94. The summed E-state index contributed by atoms with van der Waals surface area (Å²) in [6.07, 6.45) is 1.63.